The fraction of sp³-hybridized carbons (Fsp3) is 0.400. The second-order valence-corrected chi connectivity index (χ2v) is 3.77. The number of hydrogen-bond donors (Lipinski definition) is 1. The summed E-state index contributed by atoms with van der Waals surface area (Å²) in [7, 11) is 1.27. The van der Waals surface area contributed by atoms with Gasteiger partial charge in [-0.05, 0) is 19.4 Å². The maximum atomic E-state index is 13.3. The molecule has 2 N–H and O–H groups in total. The summed E-state index contributed by atoms with van der Waals surface area (Å²) in [6, 6.07) is 1.15. The fourth-order valence-corrected chi connectivity index (χ4v) is 1.56. The molecule has 1 atom stereocenters. The van der Waals surface area contributed by atoms with E-state index in [0.29, 0.717) is 12.0 Å². The van der Waals surface area contributed by atoms with Crippen molar-refractivity contribution in [2.24, 2.45) is 5.73 Å². The van der Waals surface area contributed by atoms with Crippen LogP contribution in [0.25, 0.3) is 0 Å². The maximum Gasteiger partial charge on any atom is 0.202 e. The standard InChI is InChI=1S/C10H12ClF2NO/c1-5(14)3-6-4-7(11)8(12)9(13)10(6)15-2/h4-5H,3,14H2,1-2H3. The zero-order chi connectivity index (χ0) is 11.6. The lowest BCUT2D eigenvalue weighted by Gasteiger charge is -2.12. The normalized spacial score (nSPS) is 12.7. The first-order valence-electron chi connectivity index (χ1n) is 4.43. The van der Waals surface area contributed by atoms with Crippen LogP contribution in [0.5, 0.6) is 5.75 Å². The first kappa shape index (κ1) is 12.2. The highest BCUT2D eigenvalue weighted by molar-refractivity contribution is 6.30. The van der Waals surface area contributed by atoms with Gasteiger partial charge in [0.05, 0.1) is 12.1 Å². The predicted molar refractivity (Wildman–Crippen MR) is 55.3 cm³/mol. The van der Waals surface area contributed by atoms with Crippen LogP contribution in [0.15, 0.2) is 6.07 Å². The van der Waals surface area contributed by atoms with Gasteiger partial charge in [-0.25, -0.2) is 4.39 Å². The van der Waals surface area contributed by atoms with Gasteiger partial charge in [-0.3, -0.25) is 0 Å². The zero-order valence-corrected chi connectivity index (χ0v) is 9.24. The summed E-state index contributed by atoms with van der Waals surface area (Å²) in [5.41, 5.74) is 6.04. The number of rotatable bonds is 3. The summed E-state index contributed by atoms with van der Waals surface area (Å²) in [5.74, 6) is -2.29. The van der Waals surface area contributed by atoms with Crippen molar-refractivity contribution in [1.82, 2.24) is 0 Å². The smallest absolute Gasteiger partial charge is 0.202 e. The van der Waals surface area contributed by atoms with Gasteiger partial charge in [0.25, 0.3) is 0 Å². The highest BCUT2D eigenvalue weighted by Crippen LogP contribution is 2.30. The van der Waals surface area contributed by atoms with Crippen LogP contribution in [0.2, 0.25) is 5.02 Å². The summed E-state index contributed by atoms with van der Waals surface area (Å²) in [5, 5.41) is -0.260. The van der Waals surface area contributed by atoms with E-state index >= 15 is 0 Å². The molecule has 0 saturated carbocycles. The van der Waals surface area contributed by atoms with Gasteiger partial charge in [0.1, 0.15) is 0 Å². The molecule has 1 aromatic rings. The van der Waals surface area contributed by atoms with Crippen LogP contribution in [0.4, 0.5) is 8.78 Å². The van der Waals surface area contributed by atoms with Crippen molar-refractivity contribution in [2.75, 3.05) is 7.11 Å². The molecular weight excluding hydrogens is 224 g/mol. The summed E-state index contributed by atoms with van der Waals surface area (Å²) < 4.78 is 31.2. The largest absolute Gasteiger partial charge is 0.493 e. The molecule has 5 heteroatoms. The SMILES string of the molecule is COc1c(CC(C)N)cc(Cl)c(F)c1F. The monoisotopic (exact) mass is 235 g/mol. The summed E-state index contributed by atoms with van der Waals surface area (Å²) in [4.78, 5) is 0. The van der Waals surface area contributed by atoms with Gasteiger partial charge in [-0.2, -0.15) is 4.39 Å². The third kappa shape index (κ3) is 2.58. The Kier molecular flexibility index (Phi) is 3.88. The number of ether oxygens (including phenoxy) is 1. The van der Waals surface area contributed by atoms with Crippen molar-refractivity contribution >= 4 is 11.6 Å². The molecule has 0 aliphatic carbocycles. The quantitative estimate of drug-likeness (QED) is 0.817. The molecule has 2 nitrogen and oxygen atoms in total. The Morgan fingerprint density at radius 3 is 2.53 bits per heavy atom. The molecule has 0 bridgehead atoms. The summed E-state index contributed by atoms with van der Waals surface area (Å²) in [6.07, 6.45) is 0.375. The number of nitrogens with two attached hydrogens (primary N) is 1. The van der Waals surface area contributed by atoms with Gasteiger partial charge >= 0.3 is 0 Å². The highest BCUT2D eigenvalue weighted by Gasteiger charge is 2.18. The topological polar surface area (TPSA) is 35.2 Å². The van der Waals surface area contributed by atoms with Crippen molar-refractivity contribution in [1.29, 1.82) is 0 Å². The van der Waals surface area contributed by atoms with Crippen LogP contribution < -0.4 is 10.5 Å². The molecule has 0 radical (unpaired) electrons. The molecule has 0 heterocycles. The van der Waals surface area contributed by atoms with E-state index in [2.05, 4.69) is 0 Å². The Bertz CT molecular complexity index is 369. The van der Waals surface area contributed by atoms with Crippen molar-refractivity contribution in [3.05, 3.63) is 28.3 Å². The molecule has 0 spiro atoms. The van der Waals surface area contributed by atoms with Crippen LogP contribution in [-0.4, -0.2) is 13.2 Å². The Balaban J connectivity index is 3.25. The molecule has 0 fully saturated rings. The molecule has 1 aromatic carbocycles. The van der Waals surface area contributed by atoms with Crippen LogP contribution in [0, 0.1) is 11.6 Å². The molecule has 0 aliphatic rings. The van der Waals surface area contributed by atoms with Crippen molar-refractivity contribution < 1.29 is 13.5 Å². The Morgan fingerprint density at radius 2 is 2.07 bits per heavy atom. The van der Waals surface area contributed by atoms with Crippen LogP contribution in [0.1, 0.15) is 12.5 Å². The molecule has 0 aromatic heterocycles. The number of benzene rings is 1. The van der Waals surface area contributed by atoms with Crippen molar-refractivity contribution in [2.45, 2.75) is 19.4 Å². The number of hydrogen-bond acceptors (Lipinski definition) is 2. The highest BCUT2D eigenvalue weighted by atomic mass is 35.5. The summed E-state index contributed by atoms with van der Waals surface area (Å²) in [6.45, 7) is 1.76. The lowest BCUT2D eigenvalue weighted by Crippen LogP contribution is -2.18. The average molecular weight is 236 g/mol. The minimum Gasteiger partial charge on any atom is -0.493 e. The minimum absolute atomic E-state index is 0.130. The predicted octanol–water partition coefficient (Wildman–Crippen LogP) is 2.52. The van der Waals surface area contributed by atoms with Gasteiger partial charge in [-0.15, -0.1) is 0 Å². The second kappa shape index (κ2) is 4.77. The maximum absolute atomic E-state index is 13.3. The Hall–Kier alpha value is -0.870. The molecule has 84 valence electrons. The van der Waals surface area contributed by atoms with E-state index in [4.69, 9.17) is 22.1 Å². The number of halogens is 3. The van der Waals surface area contributed by atoms with Crippen molar-refractivity contribution in [3.8, 4) is 5.75 Å². The molecule has 0 amide bonds. The third-order valence-electron chi connectivity index (χ3n) is 1.94. The molecule has 1 rings (SSSR count). The molecule has 15 heavy (non-hydrogen) atoms. The van der Waals surface area contributed by atoms with Crippen molar-refractivity contribution in [3.63, 3.8) is 0 Å². The van der Waals surface area contributed by atoms with E-state index in [9.17, 15) is 8.78 Å². The fourth-order valence-electron chi connectivity index (χ4n) is 1.35. The van der Waals surface area contributed by atoms with E-state index in [1.54, 1.807) is 6.92 Å². The first-order valence-corrected chi connectivity index (χ1v) is 4.81. The van der Waals surface area contributed by atoms with E-state index in [-0.39, 0.29) is 16.8 Å². The van der Waals surface area contributed by atoms with E-state index in [1.165, 1.54) is 13.2 Å². The summed E-state index contributed by atoms with van der Waals surface area (Å²) >= 11 is 5.52. The average Bonchev–Trinajstić information content (AvgIpc) is 2.14. The van der Waals surface area contributed by atoms with Crippen LogP contribution in [-0.2, 0) is 6.42 Å². The lowest BCUT2D eigenvalue weighted by atomic mass is 10.1. The van der Waals surface area contributed by atoms with Gasteiger partial charge < -0.3 is 10.5 Å². The molecular formula is C10H12ClF2NO. The van der Waals surface area contributed by atoms with E-state index < -0.39 is 11.6 Å². The van der Waals surface area contributed by atoms with Gasteiger partial charge in [0.15, 0.2) is 11.6 Å². The van der Waals surface area contributed by atoms with Gasteiger partial charge in [0.2, 0.25) is 5.82 Å². The second-order valence-electron chi connectivity index (χ2n) is 3.36. The molecule has 1 unspecified atom stereocenters. The zero-order valence-electron chi connectivity index (χ0n) is 8.48. The minimum atomic E-state index is -1.10. The van der Waals surface area contributed by atoms with Gasteiger partial charge in [-0.1, -0.05) is 11.6 Å². The number of methoxy groups -OCH3 is 1. The van der Waals surface area contributed by atoms with Crippen LogP contribution in [0.3, 0.4) is 0 Å². The Labute approximate surface area is 92.0 Å². The lowest BCUT2D eigenvalue weighted by molar-refractivity contribution is 0.366. The molecule has 0 aliphatic heterocycles. The Morgan fingerprint density at radius 1 is 1.47 bits per heavy atom. The van der Waals surface area contributed by atoms with E-state index in [1.807, 2.05) is 0 Å². The third-order valence-corrected chi connectivity index (χ3v) is 2.22. The molecule has 0 saturated heterocycles. The first-order chi connectivity index (χ1) is 6.97. The van der Waals surface area contributed by atoms with Crippen LogP contribution >= 0.6 is 11.6 Å². The van der Waals surface area contributed by atoms with Gasteiger partial charge in [0, 0.05) is 11.6 Å². The van der Waals surface area contributed by atoms with E-state index in [0.717, 1.165) is 0 Å².